The van der Waals surface area contributed by atoms with Gasteiger partial charge in [0, 0.05) is 22.3 Å². The van der Waals surface area contributed by atoms with E-state index in [1.807, 2.05) is 27.0 Å². The number of rotatable bonds is 3. The number of carbonyl (C=O) groups is 1. The summed E-state index contributed by atoms with van der Waals surface area (Å²) in [6.45, 7) is 5.81. The predicted molar refractivity (Wildman–Crippen MR) is 78.3 cm³/mol. The lowest BCUT2D eigenvalue weighted by Gasteiger charge is -2.13. The Balaban J connectivity index is 2.12. The molecule has 0 fully saturated rings. The molecule has 2 rings (SSSR count). The van der Waals surface area contributed by atoms with Crippen molar-refractivity contribution in [2.45, 2.75) is 26.8 Å². The van der Waals surface area contributed by atoms with E-state index >= 15 is 0 Å². The number of carbonyl (C=O) groups excluding carboxylic acids is 1. The number of amides is 1. The standard InChI is InChI=1S/C14H17N3OS/c1-8-6-11(15)4-5-12(8)13(18)17-10(3)14-16-7-9(2)19-14/h4-7,10H,15H2,1-3H3,(H,17,18). The van der Waals surface area contributed by atoms with Crippen LogP contribution in [0.2, 0.25) is 0 Å². The maximum Gasteiger partial charge on any atom is 0.252 e. The molecule has 4 nitrogen and oxygen atoms in total. The average Bonchev–Trinajstić information content (AvgIpc) is 2.75. The molecule has 0 bridgehead atoms. The molecule has 100 valence electrons. The van der Waals surface area contributed by atoms with Gasteiger partial charge in [0.25, 0.3) is 5.91 Å². The summed E-state index contributed by atoms with van der Waals surface area (Å²) >= 11 is 1.59. The van der Waals surface area contributed by atoms with Gasteiger partial charge in [-0.2, -0.15) is 0 Å². The number of aryl methyl sites for hydroxylation is 2. The Morgan fingerprint density at radius 2 is 2.16 bits per heavy atom. The fourth-order valence-corrected chi connectivity index (χ4v) is 2.63. The molecule has 2 aromatic rings. The maximum atomic E-state index is 12.2. The first-order valence-corrected chi connectivity index (χ1v) is 6.88. The molecule has 0 saturated carbocycles. The summed E-state index contributed by atoms with van der Waals surface area (Å²) in [7, 11) is 0. The van der Waals surface area contributed by atoms with Crippen molar-refractivity contribution in [1.29, 1.82) is 0 Å². The first-order chi connectivity index (χ1) is 8.97. The molecule has 0 aliphatic carbocycles. The minimum atomic E-state index is -0.0992. The molecule has 0 spiro atoms. The molecule has 1 aromatic carbocycles. The van der Waals surface area contributed by atoms with Crippen LogP contribution in [0.1, 0.15) is 38.8 Å². The Bertz CT molecular complexity index is 606. The van der Waals surface area contributed by atoms with Crippen LogP contribution < -0.4 is 11.1 Å². The number of aromatic nitrogens is 1. The second kappa shape index (κ2) is 5.40. The minimum absolute atomic E-state index is 0.0943. The molecule has 1 heterocycles. The highest BCUT2D eigenvalue weighted by Crippen LogP contribution is 2.20. The van der Waals surface area contributed by atoms with Gasteiger partial charge in [-0.05, 0) is 44.5 Å². The van der Waals surface area contributed by atoms with E-state index in [-0.39, 0.29) is 11.9 Å². The van der Waals surface area contributed by atoms with Gasteiger partial charge in [0.15, 0.2) is 0 Å². The van der Waals surface area contributed by atoms with Gasteiger partial charge in [-0.1, -0.05) is 0 Å². The number of thiazole rings is 1. The highest BCUT2D eigenvalue weighted by atomic mass is 32.1. The Morgan fingerprint density at radius 3 is 2.74 bits per heavy atom. The third-order valence-corrected chi connectivity index (χ3v) is 3.95. The van der Waals surface area contributed by atoms with Crippen molar-refractivity contribution in [3.63, 3.8) is 0 Å². The van der Waals surface area contributed by atoms with Gasteiger partial charge in [0.1, 0.15) is 5.01 Å². The SMILES string of the molecule is Cc1cnc(C(C)NC(=O)c2ccc(N)cc2C)s1. The number of anilines is 1. The number of nitrogen functional groups attached to an aromatic ring is 1. The van der Waals surface area contributed by atoms with E-state index in [1.165, 1.54) is 0 Å². The van der Waals surface area contributed by atoms with Crippen LogP contribution in [0.5, 0.6) is 0 Å². The maximum absolute atomic E-state index is 12.2. The van der Waals surface area contributed by atoms with E-state index in [0.717, 1.165) is 15.4 Å². The quantitative estimate of drug-likeness (QED) is 0.846. The van der Waals surface area contributed by atoms with E-state index in [0.29, 0.717) is 11.3 Å². The Kier molecular flexibility index (Phi) is 3.85. The Morgan fingerprint density at radius 1 is 1.42 bits per heavy atom. The summed E-state index contributed by atoms with van der Waals surface area (Å²) in [5.41, 5.74) is 7.87. The summed E-state index contributed by atoms with van der Waals surface area (Å²) in [6.07, 6.45) is 1.82. The monoisotopic (exact) mass is 275 g/mol. The van der Waals surface area contributed by atoms with Crippen molar-refractivity contribution in [1.82, 2.24) is 10.3 Å². The second-order valence-corrected chi connectivity index (χ2v) is 5.85. The smallest absolute Gasteiger partial charge is 0.252 e. The molecule has 1 unspecified atom stereocenters. The third-order valence-electron chi connectivity index (χ3n) is 2.85. The van der Waals surface area contributed by atoms with Crippen molar-refractivity contribution in [2.75, 3.05) is 5.73 Å². The van der Waals surface area contributed by atoms with Crippen LogP contribution in [-0.4, -0.2) is 10.9 Å². The fourth-order valence-electron chi connectivity index (χ4n) is 1.85. The molecule has 0 radical (unpaired) electrons. The van der Waals surface area contributed by atoms with Crippen LogP contribution in [0.15, 0.2) is 24.4 Å². The van der Waals surface area contributed by atoms with Gasteiger partial charge in [-0.3, -0.25) is 4.79 Å². The summed E-state index contributed by atoms with van der Waals surface area (Å²) in [6, 6.07) is 5.19. The Hall–Kier alpha value is -1.88. The van der Waals surface area contributed by atoms with Crippen LogP contribution in [0, 0.1) is 13.8 Å². The zero-order valence-corrected chi connectivity index (χ0v) is 12.0. The highest BCUT2D eigenvalue weighted by Gasteiger charge is 2.15. The van der Waals surface area contributed by atoms with E-state index in [1.54, 1.807) is 29.5 Å². The van der Waals surface area contributed by atoms with Crippen molar-refractivity contribution >= 4 is 22.9 Å². The largest absolute Gasteiger partial charge is 0.399 e. The lowest BCUT2D eigenvalue weighted by molar-refractivity contribution is 0.0939. The zero-order chi connectivity index (χ0) is 14.0. The molecule has 3 N–H and O–H groups in total. The van der Waals surface area contributed by atoms with Crippen LogP contribution in [-0.2, 0) is 0 Å². The fraction of sp³-hybridized carbons (Fsp3) is 0.286. The van der Waals surface area contributed by atoms with Crippen molar-refractivity contribution in [3.8, 4) is 0 Å². The van der Waals surface area contributed by atoms with Crippen molar-refractivity contribution in [2.24, 2.45) is 0 Å². The van der Waals surface area contributed by atoms with Gasteiger partial charge < -0.3 is 11.1 Å². The molecule has 1 amide bonds. The van der Waals surface area contributed by atoms with Crippen LogP contribution in [0.4, 0.5) is 5.69 Å². The van der Waals surface area contributed by atoms with Gasteiger partial charge >= 0.3 is 0 Å². The molecule has 1 atom stereocenters. The summed E-state index contributed by atoms with van der Waals surface area (Å²) < 4.78 is 0. The zero-order valence-electron chi connectivity index (χ0n) is 11.2. The lowest BCUT2D eigenvalue weighted by Crippen LogP contribution is -2.27. The first kappa shape index (κ1) is 13.5. The number of hydrogen-bond acceptors (Lipinski definition) is 4. The van der Waals surface area contributed by atoms with Gasteiger partial charge in [0.2, 0.25) is 0 Å². The van der Waals surface area contributed by atoms with Gasteiger partial charge in [-0.25, -0.2) is 4.98 Å². The molecule has 19 heavy (non-hydrogen) atoms. The topological polar surface area (TPSA) is 68.0 Å². The summed E-state index contributed by atoms with van der Waals surface area (Å²) in [5, 5.41) is 3.87. The molecular formula is C14H17N3OS. The van der Waals surface area contributed by atoms with Crippen LogP contribution in [0.3, 0.4) is 0 Å². The normalized spacial score (nSPS) is 12.2. The van der Waals surface area contributed by atoms with Gasteiger partial charge in [0.05, 0.1) is 6.04 Å². The Labute approximate surface area is 116 Å². The number of nitrogens with one attached hydrogen (secondary N) is 1. The number of hydrogen-bond donors (Lipinski definition) is 2. The molecule has 5 heteroatoms. The van der Waals surface area contributed by atoms with Gasteiger partial charge in [-0.15, -0.1) is 11.3 Å². The highest BCUT2D eigenvalue weighted by molar-refractivity contribution is 7.11. The lowest BCUT2D eigenvalue weighted by atomic mass is 10.1. The van der Waals surface area contributed by atoms with E-state index in [9.17, 15) is 4.79 Å². The minimum Gasteiger partial charge on any atom is -0.399 e. The van der Waals surface area contributed by atoms with E-state index < -0.39 is 0 Å². The molecular weight excluding hydrogens is 258 g/mol. The molecule has 0 saturated heterocycles. The van der Waals surface area contributed by atoms with Crippen molar-refractivity contribution < 1.29 is 4.79 Å². The van der Waals surface area contributed by atoms with Crippen molar-refractivity contribution in [3.05, 3.63) is 45.4 Å². The summed E-state index contributed by atoms with van der Waals surface area (Å²) in [5.74, 6) is -0.0992. The molecule has 0 aliphatic heterocycles. The number of nitrogens with two attached hydrogens (primary N) is 1. The van der Waals surface area contributed by atoms with E-state index in [4.69, 9.17) is 5.73 Å². The average molecular weight is 275 g/mol. The predicted octanol–water partition coefficient (Wildman–Crippen LogP) is 2.83. The number of nitrogens with zero attached hydrogens (tertiary/aromatic N) is 1. The third kappa shape index (κ3) is 3.12. The van der Waals surface area contributed by atoms with E-state index in [2.05, 4.69) is 10.3 Å². The second-order valence-electron chi connectivity index (χ2n) is 4.58. The first-order valence-electron chi connectivity index (χ1n) is 6.06. The molecule has 1 aromatic heterocycles. The van der Waals surface area contributed by atoms with Crippen LogP contribution >= 0.6 is 11.3 Å². The summed E-state index contributed by atoms with van der Waals surface area (Å²) in [4.78, 5) is 17.6. The molecule has 0 aliphatic rings. The number of benzene rings is 1. The van der Waals surface area contributed by atoms with Crippen LogP contribution in [0.25, 0.3) is 0 Å².